The molecule has 0 aliphatic carbocycles. The van der Waals surface area contributed by atoms with Gasteiger partial charge >= 0.3 is 0 Å². The lowest BCUT2D eigenvalue weighted by Gasteiger charge is -1.96. The van der Waals surface area contributed by atoms with Crippen LogP contribution in [0.15, 0.2) is 28.2 Å². The number of hydrogen-bond donors (Lipinski definition) is 1. The van der Waals surface area contributed by atoms with Gasteiger partial charge in [-0.3, -0.25) is 4.98 Å². The zero-order chi connectivity index (χ0) is 12.5. The van der Waals surface area contributed by atoms with Crippen molar-refractivity contribution in [2.24, 2.45) is 0 Å². The quantitative estimate of drug-likeness (QED) is 0.783. The Kier molecular flexibility index (Phi) is 2.81. The summed E-state index contributed by atoms with van der Waals surface area (Å²) in [4.78, 5) is 8.57. The Morgan fingerprint density at radius 1 is 1.50 bits per heavy atom. The fraction of sp³-hybridized carbons (Fsp3) is 0.250. The van der Waals surface area contributed by atoms with E-state index in [4.69, 9.17) is 4.52 Å². The standard InChI is InChI=1S/C12H11N3O2S/c1-7(16)4-11-14-12(15-17-11)8-5-10-9(13-6-8)2-3-18-10/h2-3,5-7,16H,4H2,1H3. The minimum atomic E-state index is -0.490. The molecule has 0 saturated heterocycles. The summed E-state index contributed by atoms with van der Waals surface area (Å²) in [5.74, 6) is 0.944. The summed E-state index contributed by atoms with van der Waals surface area (Å²) in [7, 11) is 0. The number of nitrogens with zero attached hydrogens (tertiary/aromatic N) is 3. The molecule has 3 aromatic rings. The smallest absolute Gasteiger partial charge is 0.229 e. The van der Waals surface area contributed by atoms with Crippen molar-refractivity contribution in [3.63, 3.8) is 0 Å². The predicted octanol–water partition coefficient (Wildman–Crippen LogP) is 2.27. The summed E-state index contributed by atoms with van der Waals surface area (Å²) in [5.41, 5.74) is 1.79. The van der Waals surface area contributed by atoms with Crippen LogP contribution in [0, 0.1) is 0 Å². The monoisotopic (exact) mass is 261 g/mol. The van der Waals surface area contributed by atoms with E-state index in [0.717, 1.165) is 15.8 Å². The molecule has 3 rings (SSSR count). The van der Waals surface area contributed by atoms with Crippen LogP contribution in [0.4, 0.5) is 0 Å². The highest BCUT2D eigenvalue weighted by molar-refractivity contribution is 7.17. The van der Waals surface area contributed by atoms with Crippen molar-refractivity contribution >= 4 is 21.6 Å². The SMILES string of the molecule is CC(O)Cc1nc(-c2cnc3ccsc3c2)no1. The predicted molar refractivity (Wildman–Crippen MR) is 68.3 cm³/mol. The molecule has 0 radical (unpaired) electrons. The van der Waals surface area contributed by atoms with E-state index in [-0.39, 0.29) is 0 Å². The first-order chi connectivity index (χ1) is 8.72. The van der Waals surface area contributed by atoms with Crippen LogP contribution in [-0.4, -0.2) is 26.3 Å². The van der Waals surface area contributed by atoms with Crippen molar-refractivity contribution < 1.29 is 9.63 Å². The van der Waals surface area contributed by atoms with E-state index in [2.05, 4.69) is 15.1 Å². The topological polar surface area (TPSA) is 72.0 Å². The molecule has 6 heteroatoms. The summed E-state index contributed by atoms with van der Waals surface area (Å²) in [6, 6.07) is 3.96. The van der Waals surface area contributed by atoms with Gasteiger partial charge < -0.3 is 9.63 Å². The number of fused-ring (bicyclic) bond motifs is 1. The fourth-order valence-electron chi connectivity index (χ4n) is 1.68. The first kappa shape index (κ1) is 11.3. The molecule has 0 aliphatic heterocycles. The molecule has 92 valence electrons. The Hall–Kier alpha value is -1.79. The van der Waals surface area contributed by atoms with Gasteiger partial charge in [0.25, 0.3) is 0 Å². The van der Waals surface area contributed by atoms with Crippen LogP contribution in [-0.2, 0) is 6.42 Å². The van der Waals surface area contributed by atoms with Gasteiger partial charge in [0, 0.05) is 11.8 Å². The van der Waals surface area contributed by atoms with E-state index < -0.39 is 6.10 Å². The van der Waals surface area contributed by atoms with Crippen LogP contribution in [0.1, 0.15) is 12.8 Å². The Balaban J connectivity index is 1.95. The average Bonchev–Trinajstić information content (AvgIpc) is 2.95. The molecule has 0 saturated carbocycles. The molecule has 5 nitrogen and oxygen atoms in total. The van der Waals surface area contributed by atoms with E-state index in [9.17, 15) is 5.11 Å². The Bertz CT molecular complexity index is 675. The Morgan fingerprint density at radius 3 is 3.22 bits per heavy atom. The number of aliphatic hydroxyl groups excluding tert-OH is 1. The summed E-state index contributed by atoms with van der Waals surface area (Å²) in [5, 5.41) is 15.2. The molecule has 0 fully saturated rings. The minimum absolute atomic E-state index is 0.363. The van der Waals surface area contributed by atoms with Gasteiger partial charge in [-0.1, -0.05) is 5.16 Å². The van der Waals surface area contributed by atoms with E-state index in [1.807, 2.05) is 17.5 Å². The van der Waals surface area contributed by atoms with Gasteiger partial charge in [0.05, 0.1) is 22.7 Å². The fourth-order valence-corrected chi connectivity index (χ4v) is 2.46. The van der Waals surface area contributed by atoms with Crippen molar-refractivity contribution in [2.75, 3.05) is 0 Å². The molecular formula is C12H11N3O2S. The average molecular weight is 261 g/mol. The molecule has 18 heavy (non-hydrogen) atoms. The molecule has 3 heterocycles. The van der Waals surface area contributed by atoms with Gasteiger partial charge in [-0.25, -0.2) is 0 Å². The van der Waals surface area contributed by atoms with Crippen LogP contribution < -0.4 is 0 Å². The third-order valence-corrected chi connectivity index (χ3v) is 3.35. The second-order valence-corrected chi connectivity index (χ2v) is 5.04. The van der Waals surface area contributed by atoms with E-state index in [1.54, 1.807) is 24.5 Å². The molecule has 0 bridgehead atoms. The molecule has 0 aliphatic rings. The van der Waals surface area contributed by atoms with Crippen molar-refractivity contribution in [2.45, 2.75) is 19.4 Å². The number of hydrogen-bond acceptors (Lipinski definition) is 6. The summed E-state index contributed by atoms with van der Waals surface area (Å²) >= 11 is 1.62. The third-order valence-electron chi connectivity index (χ3n) is 2.50. The largest absolute Gasteiger partial charge is 0.393 e. The van der Waals surface area contributed by atoms with Gasteiger partial charge in [0.2, 0.25) is 11.7 Å². The summed E-state index contributed by atoms with van der Waals surface area (Å²) in [6.07, 6.45) is 1.60. The van der Waals surface area contributed by atoms with Gasteiger partial charge in [-0.2, -0.15) is 4.98 Å². The first-order valence-corrected chi connectivity index (χ1v) is 6.44. The second kappa shape index (κ2) is 4.47. The maximum absolute atomic E-state index is 9.26. The van der Waals surface area contributed by atoms with Gasteiger partial charge in [-0.05, 0) is 24.4 Å². The van der Waals surface area contributed by atoms with Crippen LogP contribution in [0.25, 0.3) is 21.6 Å². The van der Waals surface area contributed by atoms with Crippen molar-refractivity contribution in [1.82, 2.24) is 15.1 Å². The maximum atomic E-state index is 9.26. The lowest BCUT2D eigenvalue weighted by atomic mass is 10.2. The van der Waals surface area contributed by atoms with Gasteiger partial charge in [0.1, 0.15) is 0 Å². The molecule has 0 amide bonds. The van der Waals surface area contributed by atoms with Crippen LogP contribution in [0.2, 0.25) is 0 Å². The number of aromatic nitrogens is 3. The van der Waals surface area contributed by atoms with E-state index in [1.165, 1.54) is 0 Å². The first-order valence-electron chi connectivity index (χ1n) is 5.56. The molecular weight excluding hydrogens is 250 g/mol. The van der Waals surface area contributed by atoms with Crippen molar-refractivity contribution in [3.05, 3.63) is 29.6 Å². The van der Waals surface area contributed by atoms with E-state index in [0.29, 0.717) is 18.1 Å². The van der Waals surface area contributed by atoms with Gasteiger partial charge in [-0.15, -0.1) is 11.3 Å². The molecule has 1 N–H and O–H groups in total. The molecule has 0 spiro atoms. The van der Waals surface area contributed by atoms with Gasteiger partial charge in [0.15, 0.2) is 0 Å². The third kappa shape index (κ3) is 2.12. The molecule has 1 unspecified atom stereocenters. The number of thiophene rings is 1. The highest BCUT2D eigenvalue weighted by atomic mass is 32.1. The molecule has 1 atom stereocenters. The lowest BCUT2D eigenvalue weighted by Crippen LogP contribution is -2.04. The normalized spacial score (nSPS) is 13.0. The van der Waals surface area contributed by atoms with Crippen LogP contribution >= 0.6 is 11.3 Å². The van der Waals surface area contributed by atoms with Crippen molar-refractivity contribution in [1.29, 1.82) is 0 Å². The number of aliphatic hydroxyl groups is 1. The molecule has 0 aromatic carbocycles. The second-order valence-electron chi connectivity index (χ2n) is 4.09. The minimum Gasteiger partial charge on any atom is -0.393 e. The maximum Gasteiger partial charge on any atom is 0.229 e. The number of rotatable bonds is 3. The summed E-state index contributed by atoms with van der Waals surface area (Å²) < 4.78 is 6.17. The Labute approximate surface area is 107 Å². The number of pyridine rings is 1. The Morgan fingerprint density at radius 2 is 2.39 bits per heavy atom. The van der Waals surface area contributed by atoms with E-state index >= 15 is 0 Å². The van der Waals surface area contributed by atoms with Crippen LogP contribution in [0.3, 0.4) is 0 Å². The zero-order valence-electron chi connectivity index (χ0n) is 9.70. The highest BCUT2D eigenvalue weighted by Crippen LogP contribution is 2.24. The summed E-state index contributed by atoms with van der Waals surface area (Å²) in [6.45, 7) is 1.68. The highest BCUT2D eigenvalue weighted by Gasteiger charge is 2.11. The lowest BCUT2D eigenvalue weighted by molar-refractivity contribution is 0.181. The van der Waals surface area contributed by atoms with Crippen molar-refractivity contribution in [3.8, 4) is 11.4 Å². The molecule has 3 aromatic heterocycles. The zero-order valence-corrected chi connectivity index (χ0v) is 10.5. The van der Waals surface area contributed by atoms with Crippen LogP contribution in [0.5, 0.6) is 0 Å².